The molecular formula is C11H21NO4. The van der Waals surface area contributed by atoms with Gasteiger partial charge in [0.05, 0.1) is 0 Å². The number of carboxylic acid groups (broad SMARTS) is 1. The van der Waals surface area contributed by atoms with E-state index in [0.717, 1.165) is 0 Å². The zero-order chi connectivity index (χ0) is 13.6. The lowest BCUT2D eigenvalue weighted by Crippen LogP contribution is -2.46. The molecule has 0 aromatic heterocycles. The topological polar surface area (TPSA) is 75.6 Å². The molecule has 0 fully saturated rings. The predicted molar refractivity (Wildman–Crippen MR) is 60.2 cm³/mol. The van der Waals surface area contributed by atoms with Crippen LogP contribution in [0.3, 0.4) is 0 Å². The Balaban J connectivity index is 4.47. The third-order valence-corrected chi connectivity index (χ3v) is 2.12. The van der Waals surface area contributed by atoms with Gasteiger partial charge in [0.25, 0.3) is 0 Å². The van der Waals surface area contributed by atoms with Crippen molar-refractivity contribution in [2.24, 2.45) is 5.92 Å². The molecule has 0 aromatic carbocycles. The predicted octanol–water partition coefficient (Wildman–Crippen LogP) is 2.01. The summed E-state index contributed by atoms with van der Waals surface area (Å²) in [6, 6.07) is -0.964. The zero-order valence-corrected chi connectivity index (χ0v) is 10.2. The number of carbonyl (C=O) groups is 2. The molecule has 2 atom stereocenters. The van der Waals surface area contributed by atoms with Crippen LogP contribution < -0.4 is 5.32 Å². The summed E-state index contributed by atoms with van der Waals surface area (Å²) in [7, 11) is 0. The molecule has 0 aromatic rings. The summed E-state index contributed by atoms with van der Waals surface area (Å²) < 4.78 is 12.1. The van der Waals surface area contributed by atoms with Gasteiger partial charge in [0.15, 0.2) is 0 Å². The third kappa shape index (κ3) is 5.58. The van der Waals surface area contributed by atoms with Crippen LogP contribution in [0.2, 0.25) is 0 Å². The Labute approximate surface area is 97.6 Å². The maximum Gasteiger partial charge on any atom is 0.408 e. The van der Waals surface area contributed by atoms with Crippen LogP contribution in [0.15, 0.2) is 0 Å². The number of carboxylic acids is 1. The van der Waals surface area contributed by atoms with Gasteiger partial charge in [-0.3, -0.25) is 0 Å². The lowest BCUT2D eigenvalue weighted by atomic mass is 10.00. The second-order valence-electron chi connectivity index (χ2n) is 4.49. The van der Waals surface area contributed by atoms with Crippen molar-refractivity contribution in [1.29, 1.82) is 0 Å². The fourth-order valence-electron chi connectivity index (χ4n) is 1.09. The van der Waals surface area contributed by atoms with Crippen molar-refractivity contribution in [3.05, 3.63) is 0 Å². The lowest BCUT2D eigenvalue weighted by molar-refractivity contribution is -0.140. The van der Waals surface area contributed by atoms with Crippen molar-refractivity contribution in [3.8, 4) is 0 Å². The number of alkyl carbamates (subject to hydrolysis) is 1. The van der Waals surface area contributed by atoms with Crippen molar-refractivity contribution in [2.75, 3.05) is 0 Å². The van der Waals surface area contributed by atoms with Crippen LogP contribution in [0.1, 0.15) is 42.4 Å². The minimum atomic E-state index is -1.08. The quantitative estimate of drug-likeness (QED) is 0.777. The minimum absolute atomic E-state index is 0.0819. The molecule has 0 radical (unpaired) electrons. The first-order chi connectivity index (χ1) is 7.73. The Hall–Kier alpha value is -1.26. The van der Waals surface area contributed by atoms with E-state index < -0.39 is 23.7 Å². The number of hydrogen-bond donors (Lipinski definition) is 2. The van der Waals surface area contributed by atoms with Gasteiger partial charge in [-0.25, -0.2) is 9.59 Å². The van der Waals surface area contributed by atoms with E-state index in [0.29, 0.717) is 6.42 Å². The van der Waals surface area contributed by atoms with Gasteiger partial charge in [-0.05, 0) is 26.7 Å². The van der Waals surface area contributed by atoms with Gasteiger partial charge < -0.3 is 15.2 Å². The smallest absolute Gasteiger partial charge is 0.408 e. The lowest BCUT2D eigenvalue weighted by Gasteiger charge is -2.24. The van der Waals surface area contributed by atoms with E-state index >= 15 is 0 Å². The van der Waals surface area contributed by atoms with Gasteiger partial charge in [-0.1, -0.05) is 20.3 Å². The SMILES string of the molecule is [2H]CC(C)(C)OC(=O)N[C@H](C(=O)O)[C@H](C)CC. The largest absolute Gasteiger partial charge is 0.480 e. The zero-order valence-electron chi connectivity index (χ0n) is 11.2. The number of aliphatic carboxylic acids is 1. The van der Waals surface area contributed by atoms with E-state index in [9.17, 15) is 9.59 Å². The number of hydrogen-bond acceptors (Lipinski definition) is 3. The second kappa shape index (κ2) is 5.72. The van der Waals surface area contributed by atoms with Crippen molar-refractivity contribution >= 4 is 12.1 Å². The average Bonchev–Trinajstić information content (AvgIpc) is 2.24. The monoisotopic (exact) mass is 232 g/mol. The van der Waals surface area contributed by atoms with Gasteiger partial charge in [-0.2, -0.15) is 0 Å². The highest BCUT2D eigenvalue weighted by molar-refractivity contribution is 5.80. The standard InChI is InChI=1S/C11H21NO4/c1-6-7(2)8(9(13)14)12-10(15)16-11(3,4)5/h7-8H,6H2,1-5H3,(H,12,15)(H,13,14)/t7-,8+/m1/s1/i3D. The van der Waals surface area contributed by atoms with Crippen LogP contribution in [0.5, 0.6) is 0 Å². The third-order valence-electron chi connectivity index (χ3n) is 2.12. The number of carbonyl (C=O) groups excluding carboxylic acids is 1. The highest BCUT2D eigenvalue weighted by Gasteiger charge is 2.27. The van der Waals surface area contributed by atoms with Crippen molar-refractivity contribution in [1.82, 2.24) is 5.32 Å². The van der Waals surface area contributed by atoms with E-state index in [2.05, 4.69) is 5.32 Å². The molecule has 0 rings (SSSR count). The Morgan fingerprint density at radius 1 is 1.56 bits per heavy atom. The first-order valence-corrected chi connectivity index (χ1v) is 5.25. The second-order valence-corrected chi connectivity index (χ2v) is 4.49. The molecule has 2 N–H and O–H groups in total. The van der Waals surface area contributed by atoms with Crippen molar-refractivity contribution in [2.45, 2.75) is 52.7 Å². The van der Waals surface area contributed by atoms with Crippen LogP contribution in [0.25, 0.3) is 0 Å². The normalized spacial score (nSPS) is 15.9. The van der Waals surface area contributed by atoms with E-state index in [1.54, 1.807) is 20.8 Å². The Bertz CT molecular complexity index is 281. The Kier molecular flexibility index (Phi) is 4.58. The van der Waals surface area contributed by atoms with Crippen LogP contribution in [0.4, 0.5) is 4.79 Å². The molecule has 0 aliphatic rings. The summed E-state index contributed by atoms with van der Waals surface area (Å²) in [5, 5.41) is 11.3. The number of ether oxygens (including phenoxy) is 1. The molecule has 0 bridgehead atoms. The number of amides is 1. The molecule has 5 nitrogen and oxygen atoms in total. The first kappa shape index (κ1) is 12.8. The van der Waals surface area contributed by atoms with Gasteiger partial charge in [0.2, 0.25) is 0 Å². The molecule has 0 saturated heterocycles. The first-order valence-electron chi connectivity index (χ1n) is 5.95. The molecule has 0 heterocycles. The molecule has 0 saturated carbocycles. The van der Waals surface area contributed by atoms with Gasteiger partial charge in [0.1, 0.15) is 11.6 Å². The number of nitrogens with one attached hydrogen (secondary N) is 1. The summed E-state index contributed by atoms with van der Waals surface area (Å²) in [6.45, 7) is 6.70. The van der Waals surface area contributed by atoms with E-state index in [-0.39, 0.29) is 12.8 Å². The van der Waals surface area contributed by atoms with E-state index in [1.807, 2.05) is 6.92 Å². The minimum Gasteiger partial charge on any atom is -0.480 e. The summed E-state index contributed by atoms with van der Waals surface area (Å²) in [6.07, 6.45) is -0.158. The fourth-order valence-corrected chi connectivity index (χ4v) is 1.09. The summed E-state index contributed by atoms with van der Waals surface area (Å²) >= 11 is 0. The van der Waals surface area contributed by atoms with Crippen LogP contribution in [0, 0.1) is 5.92 Å². The Morgan fingerprint density at radius 2 is 2.12 bits per heavy atom. The van der Waals surface area contributed by atoms with Crippen molar-refractivity contribution < 1.29 is 20.8 Å². The molecule has 94 valence electrons. The molecule has 16 heavy (non-hydrogen) atoms. The van der Waals surface area contributed by atoms with Crippen LogP contribution in [-0.4, -0.2) is 28.8 Å². The highest BCUT2D eigenvalue weighted by Crippen LogP contribution is 2.11. The Morgan fingerprint density at radius 3 is 2.50 bits per heavy atom. The van der Waals surface area contributed by atoms with Crippen LogP contribution >= 0.6 is 0 Å². The molecule has 5 heteroatoms. The molecule has 0 aliphatic heterocycles. The highest BCUT2D eigenvalue weighted by atomic mass is 16.6. The van der Waals surface area contributed by atoms with E-state index in [1.165, 1.54) is 0 Å². The number of rotatable bonds is 4. The maximum absolute atomic E-state index is 11.5. The van der Waals surface area contributed by atoms with Gasteiger partial charge >= 0.3 is 12.1 Å². The maximum atomic E-state index is 11.5. The summed E-state index contributed by atoms with van der Waals surface area (Å²) in [4.78, 5) is 22.4. The molecule has 0 spiro atoms. The average molecular weight is 232 g/mol. The molecule has 0 unspecified atom stereocenters. The fraction of sp³-hybridized carbons (Fsp3) is 0.818. The van der Waals surface area contributed by atoms with Crippen LogP contribution in [-0.2, 0) is 9.53 Å². The van der Waals surface area contributed by atoms with Gasteiger partial charge in [0, 0.05) is 1.37 Å². The summed E-state index contributed by atoms with van der Waals surface area (Å²) in [5.41, 5.74) is -0.914. The molecular weight excluding hydrogens is 210 g/mol. The molecule has 1 amide bonds. The summed E-state index contributed by atoms with van der Waals surface area (Å²) in [5.74, 6) is -1.26. The van der Waals surface area contributed by atoms with Gasteiger partial charge in [-0.15, -0.1) is 0 Å². The van der Waals surface area contributed by atoms with E-state index in [4.69, 9.17) is 11.2 Å². The van der Waals surface area contributed by atoms with Crippen molar-refractivity contribution in [3.63, 3.8) is 0 Å². The molecule has 0 aliphatic carbocycles.